The van der Waals surface area contributed by atoms with Crippen LogP contribution in [0.25, 0.3) is 0 Å². The maximum atomic E-state index is 10.9. The standard InChI is InChI=1S/C8H16N2O/c1-6(2)5-10-8(3-4-8)7(9)11/h6,10H,3-5H2,1-2H3,(H2,9,11). The number of nitrogens with two attached hydrogens (primary N) is 1. The van der Waals surface area contributed by atoms with Gasteiger partial charge in [0.05, 0.1) is 5.54 Å². The highest BCUT2D eigenvalue weighted by Crippen LogP contribution is 2.34. The van der Waals surface area contributed by atoms with Crippen molar-refractivity contribution in [3.05, 3.63) is 0 Å². The molecule has 3 heteroatoms. The third kappa shape index (κ3) is 1.93. The molecule has 1 aliphatic rings. The number of rotatable bonds is 4. The van der Waals surface area contributed by atoms with Crippen LogP contribution in [0, 0.1) is 5.92 Å². The zero-order valence-corrected chi connectivity index (χ0v) is 7.18. The van der Waals surface area contributed by atoms with E-state index in [4.69, 9.17) is 5.73 Å². The van der Waals surface area contributed by atoms with Gasteiger partial charge in [-0.25, -0.2) is 0 Å². The van der Waals surface area contributed by atoms with E-state index < -0.39 is 0 Å². The third-order valence-corrected chi connectivity index (χ3v) is 2.07. The van der Waals surface area contributed by atoms with Crippen LogP contribution in [0.5, 0.6) is 0 Å². The fourth-order valence-corrected chi connectivity index (χ4v) is 1.03. The fourth-order valence-electron chi connectivity index (χ4n) is 1.03. The molecule has 0 aromatic rings. The quantitative estimate of drug-likeness (QED) is 0.613. The van der Waals surface area contributed by atoms with E-state index in [-0.39, 0.29) is 11.4 Å². The minimum absolute atomic E-state index is 0.196. The van der Waals surface area contributed by atoms with E-state index in [9.17, 15) is 4.79 Å². The summed E-state index contributed by atoms with van der Waals surface area (Å²) in [4.78, 5) is 10.9. The molecule has 0 unspecified atom stereocenters. The lowest BCUT2D eigenvalue weighted by atomic mass is 10.2. The third-order valence-electron chi connectivity index (χ3n) is 2.07. The maximum Gasteiger partial charge on any atom is 0.237 e. The number of nitrogens with one attached hydrogen (secondary N) is 1. The summed E-state index contributed by atoms with van der Waals surface area (Å²) in [5, 5.41) is 3.19. The van der Waals surface area contributed by atoms with Gasteiger partial charge in [0.15, 0.2) is 0 Å². The normalized spacial score (nSPS) is 20.3. The summed E-state index contributed by atoms with van der Waals surface area (Å²) in [6.45, 7) is 5.11. The van der Waals surface area contributed by atoms with Crippen molar-refractivity contribution < 1.29 is 4.79 Å². The van der Waals surface area contributed by atoms with Gasteiger partial charge in [-0.15, -0.1) is 0 Å². The van der Waals surface area contributed by atoms with Gasteiger partial charge in [-0.2, -0.15) is 0 Å². The van der Waals surface area contributed by atoms with Gasteiger partial charge < -0.3 is 11.1 Å². The number of carbonyl (C=O) groups excluding carboxylic acids is 1. The molecule has 3 nitrogen and oxygen atoms in total. The SMILES string of the molecule is CC(C)CNC1(C(N)=O)CC1. The summed E-state index contributed by atoms with van der Waals surface area (Å²) in [7, 11) is 0. The first kappa shape index (κ1) is 8.53. The minimum Gasteiger partial charge on any atom is -0.368 e. The van der Waals surface area contributed by atoms with Crippen molar-refractivity contribution in [1.82, 2.24) is 5.32 Å². The van der Waals surface area contributed by atoms with Crippen LogP contribution in [0.15, 0.2) is 0 Å². The zero-order valence-electron chi connectivity index (χ0n) is 7.18. The Balaban J connectivity index is 2.31. The Morgan fingerprint density at radius 1 is 1.64 bits per heavy atom. The summed E-state index contributed by atoms with van der Waals surface area (Å²) in [6.07, 6.45) is 1.82. The first-order valence-electron chi connectivity index (χ1n) is 4.12. The summed E-state index contributed by atoms with van der Waals surface area (Å²) < 4.78 is 0. The molecule has 1 saturated carbocycles. The number of primary amides is 1. The lowest BCUT2D eigenvalue weighted by Gasteiger charge is -2.14. The average molecular weight is 156 g/mol. The van der Waals surface area contributed by atoms with Crippen LogP contribution < -0.4 is 11.1 Å². The van der Waals surface area contributed by atoms with E-state index in [1.165, 1.54) is 0 Å². The number of hydrogen-bond acceptors (Lipinski definition) is 2. The number of amides is 1. The molecule has 1 amide bonds. The van der Waals surface area contributed by atoms with Crippen LogP contribution in [-0.2, 0) is 4.79 Å². The lowest BCUT2D eigenvalue weighted by Crippen LogP contribution is -2.45. The molecule has 0 bridgehead atoms. The molecule has 0 aliphatic heterocycles. The summed E-state index contributed by atoms with van der Waals surface area (Å²) in [6, 6.07) is 0. The predicted molar refractivity (Wildman–Crippen MR) is 44.0 cm³/mol. The molecule has 64 valence electrons. The molecule has 11 heavy (non-hydrogen) atoms. The molecule has 0 saturated heterocycles. The van der Waals surface area contributed by atoms with E-state index in [0.717, 1.165) is 19.4 Å². The van der Waals surface area contributed by atoms with Gasteiger partial charge in [-0.1, -0.05) is 13.8 Å². The van der Waals surface area contributed by atoms with Crippen LogP contribution in [0.3, 0.4) is 0 Å². The minimum atomic E-state index is -0.329. The molecular weight excluding hydrogens is 140 g/mol. The Labute approximate surface area is 67.3 Å². The molecular formula is C8H16N2O. The van der Waals surface area contributed by atoms with Gasteiger partial charge in [0.2, 0.25) is 5.91 Å². The van der Waals surface area contributed by atoms with E-state index in [0.29, 0.717) is 5.92 Å². The van der Waals surface area contributed by atoms with Crippen molar-refractivity contribution in [3.8, 4) is 0 Å². The Bertz CT molecular complexity index is 161. The summed E-state index contributed by atoms with van der Waals surface area (Å²) >= 11 is 0. The van der Waals surface area contributed by atoms with Gasteiger partial charge in [-0.3, -0.25) is 4.79 Å². The van der Waals surface area contributed by atoms with Crippen molar-refractivity contribution in [3.63, 3.8) is 0 Å². The molecule has 0 aromatic heterocycles. The van der Waals surface area contributed by atoms with E-state index in [1.807, 2.05) is 0 Å². The van der Waals surface area contributed by atoms with Gasteiger partial charge in [0.25, 0.3) is 0 Å². The second-order valence-electron chi connectivity index (χ2n) is 3.72. The fraction of sp³-hybridized carbons (Fsp3) is 0.875. The maximum absolute atomic E-state index is 10.9. The van der Waals surface area contributed by atoms with Gasteiger partial charge >= 0.3 is 0 Å². The van der Waals surface area contributed by atoms with E-state index >= 15 is 0 Å². The highest BCUT2D eigenvalue weighted by molar-refractivity contribution is 5.87. The molecule has 3 N–H and O–H groups in total. The van der Waals surface area contributed by atoms with Crippen molar-refractivity contribution in [1.29, 1.82) is 0 Å². The van der Waals surface area contributed by atoms with E-state index in [2.05, 4.69) is 19.2 Å². The lowest BCUT2D eigenvalue weighted by molar-refractivity contribution is -0.121. The van der Waals surface area contributed by atoms with Gasteiger partial charge in [0, 0.05) is 0 Å². The van der Waals surface area contributed by atoms with Gasteiger partial charge in [0.1, 0.15) is 0 Å². The molecule has 1 aliphatic carbocycles. The monoisotopic (exact) mass is 156 g/mol. The average Bonchev–Trinajstić information content (AvgIpc) is 2.63. The first-order chi connectivity index (χ1) is 5.07. The van der Waals surface area contributed by atoms with Gasteiger partial charge in [-0.05, 0) is 25.3 Å². The number of hydrogen-bond donors (Lipinski definition) is 2. The Hall–Kier alpha value is -0.570. The summed E-state index contributed by atoms with van der Waals surface area (Å²) in [5.74, 6) is 0.380. The Morgan fingerprint density at radius 2 is 2.18 bits per heavy atom. The highest BCUT2D eigenvalue weighted by Gasteiger charge is 2.47. The highest BCUT2D eigenvalue weighted by atomic mass is 16.1. The largest absolute Gasteiger partial charge is 0.368 e. The Morgan fingerprint density at radius 3 is 2.45 bits per heavy atom. The molecule has 0 atom stereocenters. The number of carbonyl (C=O) groups is 1. The second-order valence-corrected chi connectivity index (χ2v) is 3.72. The summed E-state index contributed by atoms with van der Waals surface area (Å²) in [5.41, 5.74) is 4.89. The topological polar surface area (TPSA) is 55.1 Å². The van der Waals surface area contributed by atoms with Crippen molar-refractivity contribution >= 4 is 5.91 Å². The molecule has 1 rings (SSSR count). The molecule has 0 aromatic carbocycles. The smallest absolute Gasteiger partial charge is 0.237 e. The van der Waals surface area contributed by atoms with Crippen molar-refractivity contribution in [2.45, 2.75) is 32.2 Å². The van der Waals surface area contributed by atoms with Crippen LogP contribution >= 0.6 is 0 Å². The van der Waals surface area contributed by atoms with Crippen LogP contribution in [-0.4, -0.2) is 18.0 Å². The zero-order chi connectivity index (χ0) is 8.48. The molecule has 1 fully saturated rings. The molecule has 0 radical (unpaired) electrons. The molecule has 0 heterocycles. The second kappa shape index (κ2) is 2.81. The van der Waals surface area contributed by atoms with Crippen LogP contribution in [0.1, 0.15) is 26.7 Å². The first-order valence-corrected chi connectivity index (χ1v) is 4.12. The van der Waals surface area contributed by atoms with Crippen LogP contribution in [0.4, 0.5) is 0 Å². The molecule has 0 spiro atoms. The predicted octanol–water partition coefficient (Wildman–Crippen LogP) is 0.250. The van der Waals surface area contributed by atoms with Crippen molar-refractivity contribution in [2.24, 2.45) is 11.7 Å². The van der Waals surface area contributed by atoms with Crippen LogP contribution in [0.2, 0.25) is 0 Å². The van der Waals surface area contributed by atoms with E-state index in [1.54, 1.807) is 0 Å². The Kier molecular flexibility index (Phi) is 2.18. The van der Waals surface area contributed by atoms with Crippen molar-refractivity contribution in [2.75, 3.05) is 6.54 Å².